The Morgan fingerprint density at radius 3 is 2.13 bits per heavy atom. The molecule has 0 saturated carbocycles. The summed E-state index contributed by atoms with van der Waals surface area (Å²) in [5.74, 6) is 0. The Morgan fingerprint density at radius 2 is 1.67 bits per heavy atom. The highest BCUT2D eigenvalue weighted by Crippen LogP contribution is 2.29. The van der Waals surface area contributed by atoms with Crippen LogP contribution >= 0.6 is 0 Å². The van der Waals surface area contributed by atoms with Crippen LogP contribution in [0.3, 0.4) is 0 Å². The molecule has 1 heterocycles. The minimum Gasteiger partial charge on any atom is -0.392 e. The predicted octanol–water partition coefficient (Wildman–Crippen LogP) is 2.02. The standard InChI is InChI=1S/C13H19NO/c1-13(2)9-14(10-13)7-11-3-5-12(8-15)6-4-11/h3-6,15H,7-10H2,1-2H3. The molecule has 1 aliphatic rings. The average molecular weight is 205 g/mol. The minimum absolute atomic E-state index is 0.136. The van der Waals surface area contributed by atoms with Gasteiger partial charge in [0.2, 0.25) is 0 Å². The Labute approximate surface area is 91.5 Å². The van der Waals surface area contributed by atoms with Gasteiger partial charge < -0.3 is 5.11 Å². The van der Waals surface area contributed by atoms with Gasteiger partial charge in [-0.25, -0.2) is 0 Å². The number of likely N-dealkylation sites (tertiary alicyclic amines) is 1. The molecule has 0 radical (unpaired) electrons. The van der Waals surface area contributed by atoms with Gasteiger partial charge >= 0.3 is 0 Å². The van der Waals surface area contributed by atoms with Crippen LogP contribution in [0.2, 0.25) is 0 Å². The van der Waals surface area contributed by atoms with Gasteiger partial charge in [0.15, 0.2) is 0 Å². The van der Waals surface area contributed by atoms with E-state index in [-0.39, 0.29) is 6.61 Å². The second-order valence-electron chi connectivity index (χ2n) is 5.28. The summed E-state index contributed by atoms with van der Waals surface area (Å²) < 4.78 is 0. The van der Waals surface area contributed by atoms with Gasteiger partial charge in [0.05, 0.1) is 6.61 Å². The van der Waals surface area contributed by atoms with E-state index in [1.54, 1.807) is 0 Å². The summed E-state index contributed by atoms with van der Waals surface area (Å²) >= 11 is 0. The first kappa shape index (κ1) is 10.7. The van der Waals surface area contributed by atoms with E-state index in [2.05, 4.69) is 30.9 Å². The molecule has 1 fully saturated rings. The van der Waals surface area contributed by atoms with Crippen LogP contribution in [0.4, 0.5) is 0 Å². The van der Waals surface area contributed by atoms with Gasteiger partial charge in [-0.05, 0) is 16.5 Å². The van der Waals surface area contributed by atoms with Gasteiger partial charge in [-0.2, -0.15) is 0 Å². The molecule has 0 aromatic heterocycles. The van der Waals surface area contributed by atoms with Crippen LogP contribution < -0.4 is 0 Å². The molecule has 0 spiro atoms. The van der Waals surface area contributed by atoms with Crippen molar-refractivity contribution in [1.82, 2.24) is 4.90 Å². The third kappa shape index (κ3) is 2.58. The molecule has 2 rings (SSSR count). The summed E-state index contributed by atoms with van der Waals surface area (Å²) in [4.78, 5) is 2.45. The van der Waals surface area contributed by atoms with E-state index in [9.17, 15) is 0 Å². The van der Waals surface area contributed by atoms with Gasteiger partial charge in [0.1, 0.15) is 0 Å². The van der Waals surface area contributed by atoms with E-state index < -0.39 is 0 Å². The Balaban J connectivity index is 1.89. The number of benzene rings is 1. The fraction of sp³-hybridized carbons (Fsp3) is 0.538. The van der Waals surface area contributed by atoms with Crippen molar-refractivity contribution in [1.29, 1.82) is 0 Å². The lowest BCUT2D eigenvalue weighted by atomic mass is 9.84. The smallest absolute Gasteiger partial charge is 0.0681 e. The third-order valence-electron chi connectivity index (χ3n) is 2.92. The van der Waals surface area contributed by atoms with Crippen LogP contribution in [0.25, 0.3) is 0 Å². The molecule has 1 aliphatic heterocycles. The highest BCUT2D eigenvalue weighted by Gasteiger charge is 2.33. The molecular weight excluding hydrogens is 186 g/mol. The first-order chi connectivity index (χ1) is 7.09. The maximum Gasteiger partial charge on any atom is 0.0681 e. The van der Waals surface area contributed by atoms with Crippen LogP contribution in [0, 0.1) is 5.41 Å². The van der Waals surface area contributed by atoms with E-state index >= 15 is 0 Å². The van der Waals surface area contributed by atoms with Crippen LogP contribution in [0.15, 0.2) is 24.3 Å². The van der Waals surface area contributed by atoms with Crippen LogP contribution in [-0.4, -0.2) is 23.1 Å². The molecule has 82 valence electrons. The predicted molar refractivity (Wildman–Crippen MR) is 61.4 cm³/mol. The first-order valence-electron chi connectivity index (χ1n) is 5.50. The molecule has 1 saturated heterocycles. The highest BCUT2D eigenvalue weighted by molar-refractivity contribution is 5.22. The number of hydrogen-bond donors (Lipinski definition) is 1. The van der Waals surface area contributed by atoms with E-state index in [0.717, 1.165) is 12.1 Å². The summed E-state index contributed by atoms with van der Waals surface area (Å²) in [5, 5.41) is 8.93. The molecule has 1 N–H and O–H groups in total. The number of hydrogen-bond acceptors (Lipinski definition) is 2. The molecular formula is C13H19NO. The summed E-state index contributed by atoms with van der Waals surface area (Å²) in [7, 11) is 0. The van der Waals surface area contributed by atoms with Crippen LogP contribution in [-0.2, 0) is 13.2 Å². The van der Waals surface area contributed by atoms with Crippen molar-refractivity contribution in [2.75, 3.05) is 13.1 Å². The zero-order valence-corrected chi connectivity index (χ0v) is 9.53. The monoisotopic (exact) mass is 205 g/mol. The summed E-state index contributed by atoms with van der Waals surface area (Å²) in [6.45, 7) is 8.16. The molecule has 2 heteroatoms. The Hall–Kier alpha value is -0.860. The SMILES string of the molecule is CC1(C)CN(Cc2ccc(CO)cc2)C1. The average Bonchev–Trinajstić information content (AvgIpc) is 2.16. The number of aliphatic hydroxyl groups excluding tert-OH is 1. The van der Waals surface area contributed by atoms with Gasteiger partial charge in [-0.3, -0.25) is 4.90 Å². The molecule has 0 atom stereocenters. The number of aliphatic hydroxyl groups is 1. The normalized spacial score (nSPS) is 19.9. The second kappa shape index (κ2) is 3.95. The molecule has 1 aromatic carbocycles. The largest absolute Gasteiger partial charge is 0.392 e. The van der Waals surface area contributed by atoms with Crippen molar-refractivity contribution in [2.24, 2.45) is 5.41 Å². The summed E-state index contributed by atoms with van der Waals surface area (Å²) in [6, 6.07) is 8.22. The second-order valence-corrected chi connectivity index (χ2v) is 5.28. The van der Waals surface area contributed by atoms with Gasteiger partial charge in [-0.1, -0.05) is 38.1 Å². The molecule has 2 nitrogen and oxygen atoms in total. The van der Waals surface area contributed by atoms with Crippen LogP contribution in [0.1, 0.15) is 25.0 Å². The van der Waals surface area contributed by atoms with Crippen molar-refractivity contribution in [3.8, 4) is 0 Å². The topological polar surface area (TPSA) is 23.5 Å². The van der Waals surface area contributed by atoms with Crippen LogP contribution in [0.5, 0.6) is 0 Å². The van der Waals surface area contributed by atoms with E-state index in [1.807, 2.05) is 12.1 Å². The Bertz CT molecular complexity index is 321. The molecule has 0 amide bonds. The fourth-order valence-electron chi connectivity index (χ4n) is 2.28. The van der Waals surface area contributed by atoms with Gasteiger partial charge in [-0.15, -0.1) is 0 Å². The lowest BCUT2D eigenvalue weighted by molar-refractivity contribution is 0.0242. The quantitative estimate of drug-likeness (QED) is 0.816. The zero-order valence-electron chi connectivity index (χ0n) is 9.53. The number of nitrogens with zero attached hydrogens (tertiary/aromatic N) is 1. The fourth-order valence-corrected chi connectivity index (χ4v) is 2.28. The first-order valence-corrected chi connectivity index (χ1v) is 5.50. The zero-order chi connectivity index (χ0) is 10.9. The minimum atomic E-state index is 0.136. The molecule has 15 heavy (non-hydrogen) atoms. The maximum atomic E-state index is 8.93. The van der Waals surface area contributed by atoms with Crippen molar-refractivity contribution in [3.05, 3.63) is 35.4 Å². The van der Waals surface area contributed by atoms with E-state index in [1.165, 1.54) is 18.7 Å². The van der Waals surface area contributed by atoms with Crippen molar-refractivity contribution in [3.63, 3.8) is 0 Å². The summed E-state index contributed by atoms with van der Waals surface area (Å²) in [6.07, 6.45) is 0. The van der Waals surface area contributed by atoms with Crippen molar-refractivity contribution < 1.29 is 5.11 Å². The van der Waals surface area contributed by atoms with E-state index in [0.29, 0.717) is 5.41 Å². The molecule has 0 aliphatic carbocycles. The highest BCUT2D eigenvalue weighted by atomic mass is 16.3. The van der Waals surface area contributed by atoms with Crippen molar-refractivity contribution in [2.45, 2.75) is 27.0 Å². The maximum absolute atomic E-state index is 8.93. The van der Waals surface area contributed by atoms with Crippen molar-refractivity contribution >= 4 is 0 Å². The lowest BCUT2D eigenvalue weighted by Gasteiger charge is -2.46. The molecule has 1 aromatic rings. The van der Waals surface area contributed by atoms with Gasteiger partial charge in [0.25, 0.3) is 0 Å². The summed E-state index contributed by atoms with van der Waals surface area (Å²) in [5.41, 5.74) is 2.83. The van der Waals surface area contributed by atoms with Gasteiger partial charge in [0, 0.05) is 19.6 Å². The number of rotatable bonds is 3. The van der Waals surface area contributed by atoms with E-state index in [4.69, 9.17) is 5.11 Å². The third-order valence-corrected chi connectivity index (χ3v) is 2.92. The molecule has 0 bridgehead atoms. The Kier molecular flexibility index (Phi) is 2.81. The lowest BCUT2D eigenvalue weighted by Crippen LogP contribution is -2.52. The Morgan fingerprint density at radius 1 is 1.13 bits per heavy atom. The molecule has 0 unspecified atom stereocenters.